The zero-order valence-electron chi connectivity index (χ0n) is 23.8. The predicted octanol–water partition coefficient (Wildman–Crippen LogP) is 6.27. The zero-order chi connectivity index (χ0) is 30.1. The van der Waals surface area contributed by atoms with Gasteiger partial charge in [-0.1, -0.05) is 17.7 Å². The first-order chi connectivity index (χ1) is 19.6. The summed E-state index contributed by atoms with van der Waals surface area (Å²) < 4.78 is 57.4. The van der Waals surface area contributed by atoms with Gasteiger partial charge in [0, 0.05) is 43.9 Å². The number of aromatic nitrogens is 1. The van der Waals surface area contributed by atoms with Crippen molar-refractivity contribution >= 4 is 35.1 Å². The van der Waals surface area contributed by atoms with Crippen LogP contribution in [0.4, 0.5) is 24.7 Å². The van der Waals surface area contributed by atoms with Crippen LogP contribution in [0.1, 0.15) is 18.9 Å². The number of ether oxygens (including phenoxy) is 2. The molecule has 2 heterocycles. The number of aliphatic hydroxyl groups excluding tert-OH is 1. The second-order valence-corrected chi connectivity index (χ2v) is 11.0. The van der Waals surface area contributed by atoms with Gasteiger partial charge >= 0.3 is 0 Å². The predicted molar refractivity (Wildman–Crippen MR) is 159 cm³/mol. The normalized spacial score (nSPS) is 14.6. The van der Waals surface area contributed by atoms with E-state index in [4.69, 9.17) is 26.2 Å². The summed E-state index contributed by atoms with van der Waals surface area (Å²) in [5, 5.41) is 7.42. The van der Waals surface area contributed by atoms with E-state index in [0.29, 0.717) is 41.8 Å². The minimum Gasteiger partial charge on any atom is -0.497 e. The summed E-state index contributed by atoms with van der Waals surface area (Å²) >= 11 is 7.22. The first kappa shape index (κ1) is 32.7. The molecule has 1 fully saturated rings. The Bertz CT molecular complexity index is 1300. The molecule has 1 saturated heterocycles. The monoisotopic (exact) mass is 612 g/mol. The van der Waals surface area contributed by atoms with Gasteiger partial charge in [-0.2, -0.15) is 4.39 Å². The van der Waals surface area contributed by atoms with Gasteiger partial charge < -0.3 is 24.4 Å². The second kappa shape index (κ2) is 15.4. The van der Waals surface area contributed by atoms with E-state index in [2.05, 4.69) is 9.88 Å². The molecule has 1 atom stereocenters. The Morgan fingerprint density at radius 1 is 1.12 bits per heavy atom. The van der Waals surface area contributed by atoms with Crippen LogP contribution >= 0.6 is 23.5 Å². The van der Waals surface area contributed by atoms with Crippen LogP contribution in [0.5, 0.6) is 11.5 Å². The molecule has 0 aliphatic carbocycles. The van der Waals surface area contributed by atoms with Gasteiger partial charge in [-0.25, -0.2) is 13.8 Å². The van der Waals surface area contributed by atoms with Crippen molar-refractivity contribution in [3.63, 3.8) is 0 Å². The van der Waals surface area contributed by atoms with Crippen molar-refractivity contribution in [3.05, 3.63) is 70.6 Å². The van der Waals surface area contributed by atoms with Crippen molar-refractivity contribution in [3.8, 4) is 11.5 Å². The molecule has 0 amide bonds. The van der Waals surface area contributed by atoms with Gasteiger partial charge in [0.15, 0.2) is 5.82 Å². The molecule has 1 aliphatic heterocycles. The van der Waals surface area contributed by atoms with Crippen molar-refractivity contribution in [1.82, 2.24) is 9.88 Å². The van der Waals surface area contributed by atoms with Crippen LogP contribution in [0.15, 0.2) is 47.4 Å². The maximum absolute atomic E-state index is 15.6. The average molecular weight is 613 g/mol. The Balaban J connectivity index is 0.00000147. The summed E-state index contributed by atoms with van der Waals surface area (Å²) in [6.07, 6.45) is 0.914. The number of rotatable bonds is 10. The molecule has 1 aliphatic rings. The first-order valence-corrected chi connectivity index (χ1v) is 14.2. The Morgan fingerprint density at radius 3 is 2.49 bits per heavy atom. The van der Waals surface area contributed by atoms with Crippen LogP contribution in [0, 0.1) is 23.5 Å². The third kappa shape index (κ3) is 8.57. The highest BCUT2D eigenvalue weighted by atomic mass is 35.5. The number of nitrogens with zero attached hydrogens (tertiary/aromatic N) is 4. The molecule has 4 rings (SSSR count). The minimum absolute atomic E-state index is 0.102. The van der Waals surface area contributed by atoms with E-state index in [-0.39, 0.29) is 28.9 Å². The number of hydrogen-bond donors (Lipinski definition) is 1. The molecule has 0 bridgehead atoms. The lowest BCUT2D eigenvalue weighted by Gasteiger charge is -2.26. The van der Waals surface area contributed by atoms with Crippen molar-refractivity contribution in [2.24, 2.45) is 5.92 Å². The summed E-state index contributed by atoms with van der Waals surface area (Å²) in [5.74, 6) is -0.694. The highest BCUT2D eigenvalue weighted by molar-refractivity contribution is 8.00. The topological polar surface area (TPSA) is 61.3 Å². The molecule has 12 heteroatoms. The van der Waals surface area contributed by atoms with E-state index in [1.54, 1.807) is 31.2 Å². The van der Waals surface area contributed by atoms with Crippen LogP contribution in [-0.2, 0) is 6.54 Å². The number of aliphatic hydroxyl groups is 1. The molecule has 2 aromatic carbocycles. The standard InChI is InChI=1S/C27H30ClF3N4O2S.C2H6O/c1-33(2)14-17-10-11-34(15-17)21-13-20(29)27(26(31)25(21)28)38-35(24-7-5-6-23(30)32-24)16-18-8-9-19(36-3)12-22(18)37-4;1-2-3/h5-9,12-13,17H,10-11,14-16H2,1-4H3;3H,2H2,1H3. The largest absolute Gasteiger partial charge is 0.497 e. The Labute approximate surface area is 249 Å². The summed E-state index contributed by atoms with van der Waals surface area (Å²) in [5.41, 5.74) is 1.01. The molecule has 0 radical (unpaired) electrons. The lowest BCUT2D eigenvalue weighted by Crippen LogP contribution is -2.26. The molecule has 41 heavy (non-hydrogen) atoms. The van der Waals surface area contributed by atoms with E-state index < -0.39 is 17.6 Å². The molecule has 7 nitrogen and oxygen atoms in total. The summed E-state index contributed by atoms with van der Waals surface area (Å²) in [6, 6.07) is 10.7. The van der Waals surface area contributed by atoms with Gasteiger partial charge in [0.05, 0.1) is 26.5 Å². The van der Waals surface area contributed by atoms with E-state index in [0.717, 1.165) is 24.9 Å². The number of halogens is 4. The van der Waals surface area contributed by atoms with Crippen LogP contribution < -0.4 is 18.7 Å². The van der Waals surface area contributed by atoms with Crippen LogP contribution in [0.25, 0.3) is 0 Å². The summed E-state index contributed by atoms with van der Waals surface area (Å²) in [4.78, 5) is 7.65. The van der Waals surface area contributed by atoms with Crippen LogP contribution in [0.3, 0.4) is 0 Å². The molecule has 224 valence electrons. The molecule has 3 aromatic rings. The number of benzene rings is 2. The molecule has 1 unspecified atom stereocenters. The maximum atomic E-state index is 15.6. The number of methoxy groups -OCH3 is 2. The number of hydrogen-bond acceptors (Lipinski definition) is 8. The fraction of sp³-hybridized carbons (Fsp3) is 0.414. The Hall–Kier alpha value is -2.86. The van der Waals surface area contributed by atoms with E-state index in [9.17, 15) is 4.39 Å². The van der Waals surface area contributed by atoms with E-state index in [1.165, 1.54) is 36.7 Å². The molecular formula is C29H36ClF3N4O3S. The SMILES string of the molecule is CCO.COc1ccc(CN(Sc2c(F)cc(N3CCC(CN(C)C)C3)c(Cl)c2F)c2cccc(F)n2)c(OC)c1. The quantitative estimate of drug-likeness (QED) is 0.163. The van der Waals surface area contributed by atoms with Crippen molar-refractivity contribution < 1.29 is 27.8 Å². The first-order valence-electron chi connectivity index (χ1n) is 13.1. The van der Waals surface area contributed by atoms with E-state index >= 15 is 8.78 Å². The lowest BCUT2D eigenvalue weighted by atomic mass is 10.1. The van der Waals surface area contributed by atoms with Gasteiger partial charge in [0.2, 0.25) is 5.95 Å². The fourth-order valence-corrected chi connectivity index (χ4v) is 5.81. The lowest BCUT2D eigenvalue weighted by molar-refractivity contribution is 0.318. The molecule has 0 saturated carbocycles. The van der Waals surface area contributed by atoms with Gasteiger partial charge in [-0.05, 0) is 69.6 Å². The van der Waals surface area contributed by atoms with E-state index in [1.807, 2.05) is 19.0 Å². The fourth-order valence-electron chi connectivity index (χ4n) is 4.54. The molecule has 1 N–H and O–H groups in total. The third-order valence-corrected chi connectivity index (χ3v) is 7.77. The Kier molecular flexibility index (Phi) is 12.3. The highest BCUT2D eigenvalue weighted by Crippen LogP contribution is 2.41. The second-order valence-electron chi connectivity index (χ2n) is 9.64. The van der Waals surface area contributed by atoms with Gasteiger partial charge in [-0.3, -0.25) is 4.31 Å². The van der Waals surface area contributed by atoms with Gasteiger partial charge in [-0.15, -0.1) is 0 Å². The number of pyridine rings is 1. The van der Waals surface area contributed by atoms with Gasteiger partial charge in [0.25, 0.3) is 0 Å². The van der Waals surface area contributed by atoms with Crippen molar-refractivity contribution in [2.75, 3.05) is 63.8 Å². The molecule has 0 spiro atoms. The highest BCUT2D eigenvalue weighted by Gasteiger charge is 2.29. The number of anilines is 2. The summed E-state index contributed by atoms with van der Waals surface area (Å²) in [7, 11) is 7.05. The zero-order valence-corrected chi connectivity index (χ0v) is 25.4. The van der Waals surface area contributed by atoms with Crippen LogP contribution in [-0.4, -0.2) is 69.5 Å². The Morgan fingerprint density at radius 2 is 1.85 bits per heavy atom. The third-order valence-electron chi connectivity index (χ3n) is 6.31. The minimum atomic E-state index is -0.870. The maximum Gasteiger partial charge on any atom is 0.214 e. The molecular weight excluding hydrogens is 577 g/mol. The van der Waals surface area contributed by atoms with Crippen molar-refractivity contribution in [1.29, 1.82) is 0 Å². The van der Waals surface area contributed by atoms with Crippen LogP contribution in [0.2, 0.25) is 5.02 Å². The smallest absolute Gasteiger partial charge is 0.214 e. The summed E-state index contributed by atoms with van der Waals surface area (Å²) in [6.45, 7) is 4.25. The molecule has 1 aromatic heterocycles. The van der Waals surface area contributed by atoms with Gasteiger partial charge in [0.1, 0.15) is 33.1 Å². The van der Waals surface area contributed by atoms with Crippen molar-refractivity contribution in [2.45, 2.75) is 24.8 Å². The average Bonchev–Trinajstić information content (AvgIpc) is 3.40.